The van der Waals surface area contributed by atoms with Crippen molar-refractivity contribution in [2.75, 3.05) is 13.1 Å². The summed E-state index contributed by atoms with van der Waals surface area (Å²) in [5.41, 5.74) is 10.7. The molecule has 8 aliphatic rings. The number of allylic oxidation sites excluding steroid dienone is 4. The Morgan fingerprint density at radius 1 is 0.680 bits per heavy atom. The van der Waals surface area contributed by atoms with Gasteiger partial charge in [0, 0.05) is 40.7 Å². The molecule has 0 aromatic heterocycles. The molecule has 6 unspecified atom stereocenters. The normalized spacial score (nSPS) is 31.8. The molecule has 2 heterocycles. The molecule has 1 saturated heterocycles. The lowest BCUT2D eigenvalue weighted by atomic mass is 9.50. The molecule has 1 spiro atoms. The van der Waals surface area contributed by atoms with Gasteiger partial charge in [-0.2, -0.15) is 0 Å². The quantitative estimate of drug-likeness (QED) is 0.218. The molecule has 4 aromatic carbocycles. The summed E-state index contributed by atoms with van der Waals surface area (Å²) in [6, 6.07) is 29.8. The van der Waals surface area contributed by atoms with Crippen molar-refractivity contribution >= 4 is 16.8 Å². The van der Waals surface area contributed by atoms with Gasteiger partial charge in [0.25, 0.3) is 0 Å². The average molecular weight is 654 g/mol. The Hall–Kier alpha value is -4.30. The Morgan fingerprint density at radius 3 is 2.36 bits per heavy atom. The van der Waals surface area contributed by atoms with Crippen LogP contribution in [-0.2, 0) is 11.0 Å². The van der Waals surface area contributed by atoms with E-state index in [9.17, 15) is 0 Å². The maximum absolute atomic E-state index is 7.80. The topological polar surface area (TPSA) is 12.5 Å². The van der Waals surface area contributed by atoms with E-state index in [0.717, 1.165) is 37.1 Å². The molecule has 5 fully saturated rings. The van der Waals surface area contributed by atoms with Gasteiger partial charge in [0.2, 0.25) is 0 Å². The Morgan fingerprint density at radius 2 is 1.46 bits per heavy atom. The van der Waals surface area contributed by atoms with Gasteiger partial charge in [0.15, 0.2) is 5.60 Å². The first kappa shape index (κ1) is 29.4. The lowest BCUT2D eigenvalue weighted by Gasteiger charge is -2.53. The molecule has 0 amide bonds. The number of likely N-dealkylation sites (tertiary alicyclic amines) is 1. The molecule has 0 N–H and O–H groups in total. The number of piperidine rings is 1. The van der Waals surface area contributed by atoms with E-state index in [-0.39, 0.29) is 5.41 Å². The van der Waals surface area contributed by atoms with Crippen molar-refractivity contribution in [3.8, 4) is 16.9 Å². The number of hydrogen-bond donors (Lipinski definition) is 0. The standard InChI is InChI=1S/C48H47NO/c1-3-12-34(13-4-1)47(35-14-11-15-38(23-22-35)49-26-9-2-10-27-49)25-24-42-45-44(39-16-5-6-17-40(39)46(42)50-47)41-18-7-8-19-43(41)48(45)36-21-20-32-28-33(30-36)31-37(48)29-32/h1,3-8,11-13,15-19,22-25,32-33,36-37H,2,9-10,14,20-21,26-31H2. The Kier molecular flexibility index (Phi) is 6.53. The molecule has 4 bridgehead atoms. The molecule has 2 nitrogen and oxygen atoms in total. The van der Waals surface area contributed by atoms with Crippen LogP contribution in [-0.4, -0.2) is 18.0 Å². The number of rotatable bonds is 3. The van der Waals surface area contributed by atoms with Gasteiger partial charge in [0.1, 0.15) is 5.75 Å². The third-order valence-corrected chi connectivity index (χ3v) is 14.2. The maximum atomic E-state index is 7.80. The summed E-state index contributed by atoms with van der Waals surface area (Å²) >= 11 is 0. The van der Waals surface area contributed by atoms with Crippen LogP contribution in [0.5, 0.6) is 5.75 Å². The fraction of sp³-hybridized carbons (Fsp3) is 0.375. The fourth-order valence-electron chi connectivity index (χ4n) is 12.4. The molecule has 4 aromatic rings. The van der Waals surface area contributed by atoms with E-state index in [1.54, 1.807) is 11.1 Å². The van der Waals surface area contributed by atoms with Crippen molar-refractivity contribution in [1.29, 1.82) is 0 Å². The van der Waals surface area contributed by atoms with Crippen LogP contribution in [0.3, 0.4) is 0 Å². The van der Waals surface area contributed by atoms with Gasteiger partial charge in [-0.3, -0.25) is 0 Å². The zero-order chi connectivity index (χ0) is 32.9. The van der Waals surface area contributed by atoms with E-state index < -0.39 is 5.60 Å². The molecule has 2 heteroatoms. The van der Waals surface area contributed by atoms with Crippen molar-refractivity contribution in [3.05, 3.63) is 143 Å². The molecule has 12 rings (SSSR count). The van der Waals surface area contributed by atoms with Gasteiger partial charge in [-0.15, -0.1) is 0 Å². The monoisotopic (exact) mass is 653 g/mol. The zero-order valence-corrected chi connectivity index (χ0v) is 29.1. The summed E-state index contributed by atoms with van der Waals surface area (Å²) in [5, 5.41) is 2.60. The predicted octanol–water partition coefficient (Wildman–Crippen LogP) is 11.5. The highest BCUT2D eigenvalue weighted by molar-refractivity contribution is 6.08. The van der Waals surface area contributed by atoms with Crippen molar-refractivity contribution < 1.29 is 4.74 Å². The van der Waals surface area contributed by atoms with Gasteiger partial charge >= 0.3 is 0 Å². The Labute approximate surface area is 297 Å². The van der Waals surface area contributed by atoms with Crippen LogP contribution < -0.4 is 4.74 Å². The first-order valence-corrected chi connectivity index (χ1v) is 19.7. The summed E-state index contributed by atoms with van der Waals surface area (Å²) in [7, 11) is 0. The summed E-state index contributed by atoms with van der Waals surface area (Å²) in [5.74, 6) is 4.27. The highest BCUT2D eigenvalue weighted by atomic mass is 16.5. The van der Waals surface area contributed by atoms with E-state index in [0.29, 0.717) is 11.8 Å². The SMILES string of the molecule is C1=CC(N2CCCCC2)=CC=C(C2(c3ccccc3)C=Cc3c4c(c5ccccc5c3O2)-c2ccccc2C42C3CCC4CC(C3)CC2C4)C1. The summed E-state index contributed by atoms with van der Waals surface area (Å²) < 4.78 is 7.80. The second-order valence-electron chi connectivity index (χ2n) is 16.6. The molecule has 250 valence electrons. The van der Waals surface area contributed by atoms with Gasteiger partial charge < -0.3 is 9.64 Å². The molecule has 50 heavy (non-hydrogen) atoms. The molecule has 6 aliphatic carbocycles. The van der Waals surface area contributed by atoms with E-state index in [1.165, 1.54) is 102 Å². The van der Waals surface area contributed by atoms with Crippen molar-refractivity contribution in [2.45, 2.75) is 75.2 Å². The highest BCUT2D eigenvalue weighted by Crippen LogP contribution is 2.70. The molecule has 2 aliphatic heterocycles. The second-order valence-corrected chi connectivity index (χ2v) is 16.6. The van der Waals surface area contributed by atoms with Gasteiger partial charge in [-0.05, 0) is 133 Å². The number of benzene rings is 4. The second kappa shape index (κ2) is 11.1. The average Bonchev–Trinajstić information content (AvgIpc) is 3.34. The van der Waals surface area contributed by atoms with Crippen LogP contribution in [0.25, 0.3) is 28.0 Å². The first-order valence-electron chi connectivity index (χ1n) is 19.7. The zero-order valence-electron chi connectivity index (χ0n) is 29.1. The van der Waals surface area contributed by atoms with Crippen LogP contribution in [0, 0.1) is 23.7 Å². The van der Waals surface area contributed by atoms with Crippen LogP contribution in [0.15, 0.2) is 121 Å². The Bertz CT molecular complexity index is 2140. The minimum Gasteiger partial charge on any atom is -0.473 e. The van der Waals surface area contributed by atoms with Crippen molar-refractivity contribution in [1.82, 2.24) is 4.90 Å². The van der Waals surface area contributed by atoms with E-state index >= 15 is 0 Å². The van der Waals surface area contributed by atoms with Gasteiger partial charge in [0.05, 0.1) is 0 Å². The van der Waals surface area contributed by atoms with Crippen LogP contribution >= 0.6 is 0 Å². The summed E-state index contributed by atoms with van der Waals surface area (Å²) in [6.45, 7) is 2.30. The summed E-state index contributed by atoms with van der Waals surface area (Å²) in [4.78, 5) is 2.57. The van der Waals surface area contributed by atoms with Gasteiger partial charge in [-0.25, -0.2) is 0 Å². The lowest BCUT2D eigenvalue weighted by Crippen LogP contribution is -2.48. The van der Waals surface area contributed by atoms with Crippen LogP contribution in [0.2, 0.25) is 0 Å². The number of nitrogens with zero attached hydrogens (tertiary/aromatic N) is 1. The predicted molar refractivity (Wildman–Crippen MR) is 205 cm³/mol. The fourth-order valence-corrected chi connectivity index (χ4v) is 12.4. The largest absolute Gasteiger partial charge is 0.473 e. The highest BCUT2D eigenvalue weighted by Gasteiger charge is 2.61. The molecule has 0 radical (unpaired) electrons. The minimum absolute atomic E-state index is 0.0581. The number of ether oxygens (including phenoxy) is 1. The molecule has 4 saturated carbocycles. The third-order valence-electron chi connectivity index (χ3n) is 14.2. The number of fused-ring (bicyclic) bond motifs is 9. The summed E-state index contributed by atoms with van der Waals surface area (Å²) in [6.07, 6.45) is 27.6. The van der Waals surface area contributed by atoms with E-state index in [1.807, 2.05) is 0 Å². The Balaban J connectivity index is 1.16. The lowest BCUT2D eigenvalue weighted by molar-refractivity contribution is 0.0612. The first-order chi connectivity index (χ1) is 24.7. The third kappa shape index (κ3) is 4.02. The maximum Gasteiger partial charge on any atom is 0.174 e. The minimum atomic E-state index is -0.691. The smallest absolute Gasteiger partial charge is 0.174 e. The molecule has 6 atom stereocenters. The van der Waals surface area contributed by atoms with Crippen molar-refractivity contribution in [3.63, 3.8) is 0 Å². The number of hydrogen-bond acceptors (Lipinski definition) is 2. The van der Waals surface area contributed by atoms with Gasteiger partial charge in [-0.1, -0.05) is 104 Å². The van der Waals surface area contributed by atoms with E-state index in [4.69, 9.17) is 4.74 Å². The van der Waals surface area contributed by atoms with E-state index in [2.05, 4.69) is 120 Å². The molecular weight excluding hydrogens is 607 g/mol. The molecular formula is C48H47NO. The van der Waals surface area contributed by atoms with Crippen molar-refractivity contribution in [2.24, 2.45) is 23.7 Å². The van der Waals surface area contributed by atoms with Crippen LogP contribution in [0.1, 0.15) is 86.5 Å². The van der Waals surface area contributed by atoms with Crippen LogP contribution in [0.4, 0.5) is 0 Å².